The van der Waals surface area contributed by atoms with Crippen LogP contribution in [0.5, 0.6) is 0 Å². The number of hydrogen-bond acceptors (Lipinski definition) is 3. The van der Waals surface area contributed by atoms with Crippen LogP contribution in [0.4, 0.5) is 15.8 Å². The molecule has 138 valence electrons. The predicted molar refractivity (Wildman–Crippen MR) is 102 cm³/mol. The number of hydrogen-bond donors (Lipinski definition) is 1. The number of carbonyl (C=O) groups excluding carboxylic acids is 2. The van der Waals surface area contributed by atoms with Gasteiger partial charge in [-0.3, -0.25) is 14.5 Å². The topological polar surface area (TPSA) is 52.7 Å². The van der Waals surface area contributed by atoms with Gasteiger partial charge >= 0.3 is 0 Å². The van der Waals surface area contributed by atoms with Gasteiger partial charge < -0.3 is 10.2 Å². The highest BCUT2D eigenvalue weighted by Crippen LogP contribution is 2.16. The van der Waals surface area contributed by atoms with E-state index in [1.165, 1.54) is 18.2 Å². The van der Waals surface area contributed by atoms with Gasteiger partial charge in [-0.25, -0.2) is 4.39 Å². The summed E-state index contributed by atoms with van der Waals surface area (Å²) in [5.41, 5.74) is 1.21. The molecule has 0 fully saturated rings. The number of anilines is 2. The summed E-state index contributed by atoms with van der Waals surface area (Å²) >= 11 is 0. The normalized spacial score (nSPS) is 11.9. The second-order valence-corrected chi connectivity index (χ2v) is 6.07. The van der Waals surface area contributed by atoms with E-state index in [0.717, 1.165) is 5.69 Å². The number of likely N-dealkylation sites (N-methyl/N-ethyl adjacent to an activating group) is 2. The van der Waals surface area contributed by atoms with Gasteiger partial charge in [-0.15, -0.1) is 0 Å². The minimum absolute atomic E-state index is 0.0236. The SMILES string of the molecule is CCN(C(=O)[C@@H](C)N(C)CC(=O)Nc1cccc(F)c1)c1ccccc1. The quantitative estimate of drug-likeness (QED) is 0.828. The van der Waals surface area contributed by atoms with Crippen LogP contribution in [0.3, 0.4) is 0 Å². The molecule has 2 aromatic carbocycles. The van der Waals surface area contributed by atoms with E-state index in [-0.39, 0.29) is 18.4 Å². The van der Waals surface area contributed by atoms with Crippen LogP contribution in [0, 0.1) is 5.82 Å². The van der Waals surface area contributed by atoms with Gasteiger partial charge in [0.05, 0.1) is 12.6 Å². The minimum Gasteiger partial charge on any atom is -0.325 e. The Kier molecular flexibility index (Phi) is 6.86. The van der Waals surface area contributed by atoms with Gasteiger partial charge in [0.15, 0.2) is 0 Å². The van der Waals surface area contributed by atoms with Crippen LogP contribution < -0.4 is 10.2 Å². The molecule has 0 saturated carbocycles. The monoisotopic (exact) mass is 357 g/mol. The lowest BCUT2D eigenvalue weighted by molar-refractivity contribution is -0.124. The molecule has 2 rings (SSSR count). The van der Waals surface area contributed by atoms with Crippen LogP contribution in [0.2, 0.25) is 0 Å². The summed E-state index contributed by atoms with van der Waals surface area (Å²) in [5, 5.41) is 2.64. The lowest BCUT2D eigenvalue weighted by atomic mass is 10.2. The van der Waals surface area contributed by atoms with Crippen molar-refractivity contribution in [3.63, 3.8) is 0 Å². The van der Waals surface area contributed by atoms with Crippen molar-refractivity contribution in [2.75, 3.05) is 30.4 Å². The summed E-state index contributed by atoms with van der Waals surface area (Å²) < 4.78 is 13.2. The van der Waals surface area contributed by atoms with E-state index in [4.69, 9.17) is 0 Å². The number of rotatable bonds is 7. The van der Waals surface area contributed by atoms with Gasteiger partial charge in [0.2, 0.25) is 11.8 Å². The molecule has 0 aromatic heterocycles. The van der Waals surface area contributed by atoms with E-state index in [0.29, 0.717) is 12.2 Å². The second-order valence-electron chi connectivity index (χ2n) is 6.07. The van der Waals surface area contributed by atoms with Crippen LogP contribution in [-0.2, 0) is 9.59 Å². The van der Waals surface area contributed by atoms with Crippen molar-refractivity contribution in [2.24, 2.45) is 0 Å². The summed E-state index contributed by atoms with van der Waals surface area (Å²) in [6, 6.07) is 14.6. The fourth-order valence-electron chi connectivity index (χ4n) is 2.62. The minimum atomic E-state index is -0.478. The third-order valence-electron chi connectivity index (χ3n) is 4.17. The summed E-state index contributed by atoms with van der Waals surface area (Å²) in [5.74, 6) is -0.804. The Hall–Kier alpha value is -2.73. The molecular formula is C20H24FN3O2. The molecule has 0 aliphatic heterocycles. The third-order valence-corrected chi connectivity index (χ3v) is 4.17. The molecule has 0 heterocycles. The lowest BCUT2D eigenvalue weighted by Crippen LogP contribution is -2.48. The number of halogens is 1. The number of benzene rings is 2. The Morgan fingerprint density at radius 1 is 1.12 bits per heavy atom. The molecule has 5 nitrogen and oxygen atoms in total. The first-order chi connectivity index (χ1) is 12.4. The van der Waals surface area contributed by atoms with E-state index >= 15 is 0 Å². The van der Waals surface area contributed by atoms with E-state index in [1.807, 2.05) is 37.3 Å². The summed E-state index contributed by atoms with van der Waals surface area (Å²) in [7, 11) is 1.71. The Morgan fingerprint density at radius 3 is 2.42 bits per heavy atom. The van der Waals surface area contributed by atoms with Gasteiger partial charge in [-0.1, -0.05) is 24.3 Å². The van der Waals surface area contributed by atoms with Crippen molar-refractivity contribution in [2.45, 2.75) is 19.9 Å². The Morgan fingerprint density at radius 2 is 1.81 bits per heavy atom. The molecule has 0 unspecified atom stereocenters. The molecule has 6 heteroatoms. The molecule has 26 heavy (non-hydrogen) atoms. The van der Waals surface area contributed by atoms with Gasteiger partial charge in [0.25, 0.3) is 0 Å². The molecule has 1 atom stereocenters. The first kappa shape index (κ1) is 19.6. The molecular weight excluding hydrogens is 333 g/mol. The molecule has 2 aromatic rings. The first-order valence-corrected chi connectivity index (χ1v) is 8.54. The average Bonchev–Trinajstić information content (AvgIpc) is 2.62. The largest absolute Gasteiger partial charge is 0.325 e. The maximum absolute atomic E-state index is 13.2. The Balaban J connectivity index is 1.98. The summed E-state index contributed by atoms with van der Waals surface area (Å²) in [6.07, 6.45) is 0. The summed E-state index contributed by atoms with van der Waals surface area (Å²) in [6.45, 7) is 4.24. The van der Waals surface area contributed by atoms with Crippen LogP contribution in [0.25, 0.3) is 0 Å². The van der Waals surface area contributed by atoms with Gasteiger partial charge in [-0.05, 0) is 51.2 Å². The van der Waals surface area contributed by atoms with E-state index in [1.54, 1.807) is 29.8 Å². The van der Waals surface area contributed by atoms with Crippen LogP contribution in [0.1, 0.15) is 13.8 Å². The maximum atomic E-state index is 13.2. The van der Waals surface area contributed by atoms with Gasteiger partial charge in [-0.2, -0.15) is 0 Å². The van der Waals surface area contributed by atoms with E-state index in [9.17, 15) is 14.0 Å². The van der Waals surface area contributed by atoms with Crippen molar-refractivity contribution < 1.29 is 14.0 Å². The number of amides is 2. The number of nitrogens with one attached hydrogen (secondary N) is 1. The predicted octanol–water partition coefficient (Wildman–Crippen LogP) is 3.14. The van der Waals surface area contributed by atoms with Crippen molar-refractivity contribution >= 4 is 23.2 Å². The van der Waals surface area contributed by atoms with E-state index < -0.39 is 11.9 Å². The highest BCUT2D eigenvalue weighted by molar-refractivity contribution is 5.98. The summed E-state index contributed by atoms with van der Waals surface area (Å²) in [4.78, 5) is 28.3. The third kappa shape index (κ3) is 5.13. The Labute approximate surface area is 153 Å². The first-order valence-electron chi connectivity index (χ1n) is 8.54. The fraction of sp³-hybridized carbons (Fsp3) is 0.300. The molecule has 0 aliphatic rings. The number of para-hydroxylation sites is 1. The van der Waals surface area contributed by atoms with Crippen molar-refractivity contribution in [3.8, 4) is 0 Å². The molecule has 0 spiro atoms. The number of carbonyl (C=O) groups is 2. The van der Waals surface area contributed by atoms with Gasteiger partial charge in [0.1, 0.15) is 5.82 Å². The molecule has 0 bridgehead atoms. The molecule has 0 radical (unpaired) electrons. The van der Waals surface area contributed by atoms with Crippen molar-refractivity contribution in [1.82, 2.24) is 4.90 Å². The molecule has 2 amide bonds. The smallest absolute Gasteiger partial charge is 0.244 e. The fourth-order valence-corrected chi connectivity index (χ4v) is 2.62. The molecule has 0 aliphatic carbocycles. The standard InChI is InChI=1S/C20H24FN3O2/c1-4-24(18-11-6-5-7-12-18)20(26)15(2)23(3)14-19(25)22-17-10-8-9-16(21)13-17/h5-13,15H,4,14H2,1-3H3,(H,22,25)/t15-/m1/s1. The van der Waals surface area contributed by atoms with Crippen LogP contribution in [-0.4, -0.2) is 42.9 Å². The van der Waals surface area contributed by atoms with Crippen LogP contribution >= 0.6 is 0 Å². The zero-order valence-corrected chi connectivity index (χ0v) is 15.3. The van der Waals surface area contributed by atoms with Crippen molar-refractivity contribution in [3.05, 3.63) is 60.4 Å². The Bertz CT molecular complexity index is 752. The maximum Gasteiger partial charge on any atom is 0.244 e. The zero-order chi connectivity index (χ0) is 19.1. The van der Waals surface area contributed by atoms with Crippen LogP contribution in [0.15, 0.2) is 54.6 Å². The molecule has 1 N–H and O–H groups in total. The number of nitrogens with zero attached hydrogens (tertiary/aromatic N) is 2. The molecule has 0 saturated heterocycles. The average molecular weight is 357 g/mol. The second kappa shape index (κ2) is 9.10. The highest BCUT2D eigenvalue weighted by Gasteiger charge is 2.25. The van der Waals surface area contributed by atoms with Gasteiger partial charge in [0, 0.05) is 17.9 Å². The van der Waals surface area contributed by atoms with E-state index in [2.05, 4.69) is 5.32 Å². The zero-order valence-electron chi connectivity index (χ0n) is 15.3. The highest BCUT2D eigenvalue weighted by atomic mass is 19.1. The van der Waals surface area contributed by atoms with Crippen molar-refractivity contribution in [1.29, 1.82) is 0 Å². The lowest BCUT2D eigenvalue weighted by Gasteiger charge is -2.29.